The molecule has 0 fully saturated rings. The van der Waals surface area contributed by atoms with Crippen LogP contribution in [0.25, 0.3) is 0 Å². The maximum absolute atomic E-state index is 12.2. The van der Waals surface area contributed by atoms with Crippen LogP contribution in [0, 0.1) is 5.92 Å². The van der Waals surface area contributed by atoms with E-state index in [1.54, 1.807) is 24.3 Å². The number of nitrogens with two attached hydrogens (primary N) is 1. The second-order valence-electron chi connectivity index (χ2n) is 5.87. The first kappa shape index (κ1) is 16.2. The van der Waals surface area contributed by atoms with Gasteiger partial charge in [-0.15, -0.1) is 0 Å². The molecule has 1 unspecified atom stereocenters. The molecule has 0 radical (unpaired) electrons. The van der Waals surface area contributed by atoms with Crippen molar-refractivity contribution in [1.29, 1.82) is 0 Å². The normalized spacial score (nSPS) is 15.2. The van der Waals surface area contributed by atoms with Crippen molar-refractivity contribution in [3.63, 3.8) is 0 Å². The molecule has 1 aliphatic heterocycles. The number of nitrogens with zero attached hydrogens (tertiary/aromatic N) is 1. The maximum atomic E-state index is 12.2. The van der Waals surface area contributed by atoms with E-state index in [-0.39, 0.29) is 18.5 Å². The van der Waals surface area contributed by atoms with Gasteiger partial charge in [0.25, 0.3) is 11.8 Å². The van der Waals surface area contributed by atoms with Crippen LogP contribution in [0.4, 0.5) is 0 Å². The van der Waals surface area contributed by atoms with E-state index in [2.05, 4.69) is 5.32 Å². The number of carbonyl (C=O) groups is 3. The Morgan fingerprint density at radius 3 is 2.18 bits per heavy atom. The predicted molar refractivity (Wildman–Crippen MR) is 82.2 cm³/mol. The molecule has 1 atom stereocenters. The lowest BCUT2D eigenvalue weighted by Gasteiger charge is -2.20. The minimum absolute atomic E-state index is 0.150. The first-order valence-corrected chi connectivity index (χ1v) is 7.38. The molecule has 0 aromatic heterocycles. The number of rotatable bonds is 6. The van der Waals surface area contributed by atoms with Gasteiger partial charge in [-0.2, -0.15) is 0 Å². The molecule has 1 heterocycles. The zero-order chi connectivity index (χ0) is 16.3. The van der Waals surface area contributed by atoms with Crippen molar-refractivity contribution in [1.82, 2.24) is 10.2 Å². The first-order chi connectivity index (χ1) is 10.4. The number of hydrogen-bond donors (Lipinski definition) is 2. The Labute approximate surface area is 129 Å². The van der Waals surface area contributed by atoms with E-state index in [1.165, 1.54) is 0 Å². The summed E-state index contributed by atoms with van der Waals surface area (Å²) in [5.41, 5.74) is 6.33. The lowest BCUT2D eigenvalue weighted by Crippen LogP contribution is -2.46. The number of carbonyl (C=O) groups excluding carboxylic acids is 3. The molecule has 0 saturated carbocycles. The lowest BCUT2D eigenvalue weighted by atomic mass is 10.0. The van der Waals surface area contributed by atoms with Gasteiger partial charge in [-0.3, -0.25) is 19.3 Å². The van der Waals surface area contributed by atoms with Gasteiger partial charge < -0.3 is 11.1 Å². The summed E-state index contributed by atoms with van der Waals surface area (Å²) in [5.74, 6) is -0.827. The molecule has 1 aliphatic rings. The Morgan fingerprint density at radius 2 is 1.73 bits per heavy atom. The fraction of sp³-hybridized carbons (Fsp3) is 0.438. The second kappa shape index (κ2) is 6.70. The highest BCUT2D eigenvalue weighted by Crippen LogP contribution is 2.21. The number of nitrogens with one attached hydrogen (secondary N) is 1. The smallest absolute Gasteiger partial charge is 0.262 e. The molecule has 6 heteroatoms. The van der Waals surface area contributed by atoms with Gasteiger partial charge in [0.05, 0.1) is 11.1 Å². The van der Waals surface area contributed by atoms with E-state index in [0.717, 1.165) is 11.3 Å². The summed E-state index contributed by atoms with van der Waals surface area (Å²) in [4.78, 5) is 37.4. The largest absolute Gasteiger partial charge is 0.351 e. The molecule has 3 N–H and O–H groups in total. The van der Waals surface area contributed by atoms with Gasteiger partial charge in [0.1, 0.15) is 6.54 Å². The molecule has 6 nitrogen and oxygen atoms in total. The van der Waals surface area contributed by atoms with Crippen molar-refractivity contribution in [2.45, 2.75) is 26.3 Å². The van der Waals surface area contributed by atoms with Crippen molar-refractivity contribution in [2.24, 2.45) is 11.7 Å². The van der Waals surface area contributed by atoms with Gasteiger partial charge in [0, 0.05) is 12.6 Å². The Hall–Kier alpha value is -2.21. The highest BCUT2D eigenvalue weighted by molar-refractivity contribution is 6.22. The number of hydrogen-bond acceptors (Lipinski definition) is 4. The van der Waals surface area contributed by atoms with Crippen LogP contribution in [0.15, 0.2) is 24.3 Å². The molecule has 1 aromatic rings. The van der Waals surface area contributed by atoms with Crippen molar-refractivity contribution >= 4 is 17.7 Å². The first-order valence-electron chi connectivity index (χ1n) is 7.38. The second-order valence-corrected chi connectivity index (χ2v) is 5.87. The summed E-state index contributed by atoms with van der Waals surface area (Å²) in [7, 11) is 0. The number of benzene rings is 1. The van der Waals surface area contributed by atoms with Crippen LogP contribution in [0.3, 0.4) is 0 Å². The molecule has 1 aromatic carbocycles. The van der Waals surface area contributed by atoms with Crippen LogP contribution < -0.4 is 11.1 Å². The Morgan fingerprint density at radius 1 is 1.18 bits per heavy atom. The van der Waals surface area contributed by atoms with Crippen LogP contribution >= 0.6 is 0 Å². The number of imide groups is 1. The van der Waals surface area contributed by atoms with Gasteiger partial charge >= 0.3 is 0 Å². The van der Waals surface area contributed by atoms with Crippen LogP contribution in [0.5, 0.6) is 0 Å². The van der Waals surface area contributed by atoms with Crippen molar-refractivity contribution in [3.05, 3.63) is 35.4 Å². The fourth-order valence-corrected chi connectivity index (χ4v) is 2.58. The van der Waals surface area contributed by atoms with Gasteiger partial charge in [0.2, 0.25) is 5.91 Å². The molecule has 118 valence electrons. The summed E-state index contributed by atoms with van der Waals surface area (Å²) in [6.45, 7) is 4.13. The third kappa shape index (κ3) is 3.33. The Balaban J connectivity index is 2.01. The highest BCUT2D eigenvalue weighted by atomic mass is 16.2. The zero-order valence-electron chi connectivity index (χ0n) is 12.8. The molecular formula is C16H21N3O3. The monoisotopic (exact) mass is 303 g/mol. The SMILES string of the molecule is CC(C)CC(CN)NC(=O)CN1C(=O)c2ccccc2C1=O. The quantitative estimate of drug-likeness (QED) is 0.759. The van der Waals surface area contributed by atoms with Gasteiger partial charge in [-0.1, -0.05) is 26.0 Å². The number of fused-ring (bicyclic) bond motifs is 1. The van der Waals surface area contributed by atoms with E-state index in [9.17, 15) is 14.4 Å². The molecule has 0 spiro atoms. The molecule has 0 aliphatic carbocycles. The summed E-state index contributed by atoms with van der Waals surface area (Å²) in [6.07, 6.45) is 0.754. The standard InChI is InChI=1S/C16H21N3O3/c1-10(2)7-11(8-17)18-14(20)9-19-15(21)12-5-3-4-6-13(12)16(19)22/h3-6,10-11H,7-9,17H2,1-2H3,(H,18,20). The summed E-state index contributed by atoms with van der Waals surface area (Å²) in [5, 5.41) is 2.78. The molecule has 3 amide bonds. The summed E-state index contributed by atoms with van der Waals surface area (Å²) in [6, 6.07) is 6.42. The third-order valence-corrected chi connectivity index (χ3v) is 3.59. The maximum Gasteiger partial charge on any atom is 0.262 e. The van der Waals surface area contributed by atoms with Crippen molar-refractivity contribution in [3.8, 4) is 0 Å². The van der Waals surface area contributed by atoms with E-state index < -0.39 is 11.8 Å². The van der Waals surface area contributed by atoms with Crippen LogP contribution in [-0.2, 0) is 4.79 Å². The molecule has 0 bridgehead atoms. The average molecular weight is 303 g/mol. The molecule has 22 heavy (non-hydrogen) atoms. The van der Waals surface area contributed by atoms with Crippen molar-refractivity contribution in [2.75, 3.05) is 13.1 Å². The van der Waals surface area contributed by atoms with E-state index in [0.29, 0.717) is 23.6 Å². The van der Waals surface area contributed by atoms with Gasteiger partial charge in [-0.25, -0.2) is 0 Å². The number of amides is 3. The van der Waals surface area contributed by atoms with Crippen LogP contribution in [-0.4, -0.2) is 41.8 Å². The Bertz CT molecular complexity index is 563. The van der Waals surface area contributed by atoms with Gasteiger partial charge in [-0.05, 0) is 24.5 Å². The summed E-state index contributed by atoms with van der Waals surface area (Å²) < 4.78 is 0. The average Bonchev–Trinajstić information content (AvgIpc) is 2.72. The van der Waals surface area contributed by atoms with Crippen molar-refractivity contribution < 1.29 is 14.4 Å². The van der Waals surface area contributed by atoms with Gasteiger partial charge in [0.15, 0.2) is 0 Å². The van der Waals surface area contributed by atoms with Crippen LogP contribution in [0.1, 0.15) is 41.0 Å². The Kier molecular flexibility index (Phi) is 4.92. The minimum Gasteiger partial charge on any atom is -0.351 e. The fourth-order valence-electron chi connectivity index (χ4n) is 2.58. The highest BCUT2D eigenvalue weighted by Gasteiger charge is 2.36. The zero-order valence-corrected chi connectivity index (χ0v) is 12.8. The lowest BCUT2D eigenvalue weighted by molar-refractivity contribution is -0.122. The minimum atomic E-state index is -0.427. The van der Waals surface area contributed by atoms with E-state index in [1.807, 2.05) is 13.8 Å². The van der Waals surface area contributed by atoms with E-state index >= 15 is 0 Å². The predicted octanol–water partition coefficient (Wildman–Crippen LogP) is 0.772. The van der Waals surface area contributed by atoms with Crippen LogP contribution in [0.2, 0.25) is 0 Å². The summed E-state index contributed by atoms with van der Waals surface area (Å²) >= 11 is 0. The molecule has 0 saturated heterocycles. The molecular weight excluding hydrogens is 282 g/mol. The van der Waals surface area contributed by atoms with E-state index in [4.69, 9.17) is 5.73 Å². The third-order valence-electron chi connectivity index (χ3n) is 3.59. The molecule has 2 rings (SSSR count). The topological polar surface area (TPSA) is 92.5 Å².